The highest BCUT2D eigenvalue weighted by Gasteiger charge is 2.31. The van der Waals surface area contributed by atoms with E-state index in [4.69, 9.17) is 10.5 Å². The van der Waals surface area contributed by atoms with E-state index in [-0.39, 0.29) is 12.3 Å². The first-order valence-corrected chi connectivity index (χ1v) is 6.69. The first-order chi connectivity index (χ1) is 9.39. The van der Waals surface area contributed by atoms with Crippen LogP contribution in [0, 0.1) is 0 Å². The van der Waals surface area contributed by atoms with Crippen molar-refractivity contribution in [2.45, 2.75) is 38.3 Å². The van der Waals surface area contributed by atoms with Crippen LogP contribution >= 0.6 is 0 Å². The average molecular weight is 276 g/mol. The lowest BCUT2D eigenvalue weighted by molar-refractivity contribution is -0.136. The Morgan fingerprint density at radius 1 is 1.40 bits per heavy atom. The molecule has 5 heteroatoms. The van der Waals surface area contributed by atoms with Crippen LogP contribution in [0.3, 0.4) is 0 Å². The summed E-state index contributed by atoms with van der Waals surface area (Å²) in [5.74, 6) is -0.677. The standard InChI is InChI=1S/C15H20N2O3/c1-15(2,9-12(16)18)17-14(19)13-11-6-4-3-5-10(11)7-8-20-13/h3-6,13H,7-9H2,1-2H3,(H2,16,18)(H,17,19). The Morgan fingerprint density at radius 3 is 2.80 bits per heavy atom. The van der Waals surface area contributed by atoms with Crippen LogP contribution in [0.5, 0.6) is 0 Å². The summed E-state index contributed by atoms with van der Waals surface area (Å²) in [7, 11) is 0. The van der Waals surface area contributed by atoms with E-state index in [2.05, 4.69) is 5.32 Å². The molecule has 0 bridgehead atoms. The molecule has 0 aromatic heterocycles. The molecule has 2 rings (SSSR count). The summed E-state index contributed by atoms with van der Waals surface area (Å²) in [4.78, 5) is 23.4. The van der Waals surface area contributed by atoms with Crippen LogP contribution in [-0.2, 0) is 20.7 Å². The molecule has 3 N–H and O–H groups in total. The van der Waals surface area contributed by atoms with E-state index in [0.29, 0.717) is 6.61 Å². The number of hydrogen-bond acceptors (Lipinski definition) is 3. The van der Waals surface area contributed by atoms with Gasteiger partial charge in [0.1, 0.15) is 0 Å². The van der Waals surface area contributed by atoms with Crippen LogP contribution in [-0.4, -0.2) is 24.0 Å². The van der Waals surface area contributed by atoms with Gasteiger partial charge in [-0.1, -0.05) is 24.3 Å². The predicted molar refractivity (Wildman–Crippen MR) is 74.9 cm³/mol. The Morgan fingerprint density at radius 2 is 2.10 bits per heavy atom. The van der Waals surface area contributed by atoms with Crippen molar-refractivity contribution in [3.8, 4) is 0 Å². The van der Waals surface area contributed by atoms with E-state index in [1.54, 1.807) is 13.8 Å². The molecule has 0 aliphatic carbocycles. The Labute approximate surface area is 118 Å². The number of carbonyl (C=O) groups is 2. The molecule has 1 unspecified atom stereocenters. The topological polar surface area (TPSA) is 81.4 Å². The molecule has 2 amide bonds. The van der Waals surface area contributed by atoms with Crippen LogP contribution < -0.4 is 11.1 Å². The zero-order chi connectivity index (χ0) is 14.8. The quantitative estimate of drug-likeness (QED) is 0.863. The minimum Gasteiger partial charge on any atom is -0.370 e. The van der Waals surface area contributed by atoms with Gasteiger partial charge in [0, 0.05) is 12.0 Å². The molecule has 0 radical (unpaired) electrons. The second kappa shape index (κ2) is 5.63. The molecule has 0 saturated heterocycles. The molecule has 0 fully saturated rings. The summed E-state index contributed by atoms with van der Waals surface area (Å²) in [5, 5.41) is 2.83. The maximum Gasteiger partial charge on any atom is 0.254 e. The lowest BCUT2D eigenvalue weighted by atomic mass is 9.95. The van der Waals surface area contributed by atoms with Crippen LogP contribution in [0.2, 0.25) is 0 Å². The lowest BCUT2D eigenvalue weighted by Crippen LogP contribution is -2.48. The Kier molecular flexibility index (Phi) is 4.09. The third kappa shape index (κ3) is 3.36. The van der Waals surface area contributed by atoms with E-state index in [1.807, 2.05) is 24.3 Å². The van der Waals surface area contributed by atoms with Gasteiger partial charge in [0.15, 0.2) is 6.10 Å². The molecule has 1 aromatic rings. The van der Waals surface area contributed by atoms with Crippen molar-refractivity contribution in [1.29, 1.82) is 0 Å². The van der Waals surface area contributed by atoms with Gasteiger partial charge in [0.05, 0.1) is 6.61 Å². The fraction of sp³-hybridized carbons (Fsp3) is 0.467. The van der Waals surface area contributed by atoms with Crippen molar-refractivity contribution in [2.75, 3.05) is 6.61 Å². The highest BCUT2D eigenvalue weighted by molar-refractivity contribution is 5.84. The fourth-order valence-electron chi connectivity index (χ4n) is 2.49. The highest BCUT2D eigenvalue weighted by Crippen LogP contribution is 2.27. The number of amides is 2. The number of ether oxygens (including phenoxy) is 1. The van der Waals surface area contributed by atoms with E-state index < -0.39 is 17.6 Å². The minimum absolute atomic E-state index is 0.0904. The first kappa shape index (κ1) is 14.5. The zero-order valence-corrected chi connectivity index (χ0v) is 11.8. The van der Waals surface area contributed by atoms with Crippen molar-refractivity contribution in [3.05, 3.63) is 35.4 Å². The average Bonchev–Trinajstić information content (AvgIpc) is 2.35. The number of benzene rings is 1. The maximum atomic E-state index is 12.4. The molecule has 1 atom stereocenters. The molecule has 108 valence electrons. The number of fused-ring (bicyclic) bond motifs is 1. The monoisotopic (exact) mass is 276 g/mol. The molecular weight excluding hydrogens is 256 g/mol. The first-order valence-electron chi connectivity index (χ1n) is 6.69. The summed E-state index contributed by atoms with van der Waals surface area (Å²) in [6.07, 6.45) is 0.282. The van der Waals surface area contributed by atoms with Gasteiger partial charge in [0.2, 0.25) is 5.91 Å². The Hall–Kier alpha value is -1.88. The van der Waals surface area contributed by atoms with Gasteiger partial charge in [0.25, 0.3) is 5.91 Å². The molecule has 0 saturated carbocycles. The number of nitrogens with two attached hydrogens (primary N) is 1. The summed E-state index contributed by atoms with van der Waals surface area (Å²) >= 11 is 0. The summed E-state index contributed by atoms with van der Waals surface area (Å²) in [5.41, 5.74) is 6.53. The fourth-order valence-corrected chi connectivity index (χ4v) is 2.49. The van der Waals surface area contributed by atoms with Gasteiger partial charge in [-0.3, -0.25) is 9.59 Å². The van der Waals surface area contributed by atoms with Gasteiger partial charge in [-0.25, -0.2) is 0 Å². The van der Waals surface area contributed by atoms with Gasteiger partial charge in [-0.05, 0) is 31.4 Å². The van der Waals surface area contributed by atoms with Crippen LogP contribution in [0.25, 0.3) is 0 Å². The molecule has 1 aliphatic rings. The molecular formula is C15H20N2O3. The van der Waals surface area contributed by atoms with Crippen molar-refractivity contribution in [1.82, 2.24) is 5.32 Å². The smallest absolute Gasteiger partial charge is 0.254 e. The van der Waals surface area contributed by atoms with E-state index >= 15 is 0 Å². The number of primary amides is 1. The van der Waals surface area contributed by atoms with E-state index in [0.717, 1.165) is 17.5 Å². The van der Waals surface area contributed by atoms with Gasteiger partial charge < -0.3 is 15.8 Å². The minimum atomic E-state index is -0.682. The van der Waals surface area contributed by atoms with Gasteiger partial charge >= 0.3 is 0 Å². The van der Waals surface area contributed by atoms with E-state index in [9.17, 15) is 9.59 Å². The largest absolute Gasteiger partial charge is 0.370 e. The second-order valence-electron chi connectivity index (χ2n) is 5.72. The highest BCUT2D eigenvalue weighted by atomic mass is 16.5. The normalized spacial score (nSPS) is 18.2. The molecule has 1 aliphatic heterocycles. The molecule has 20 heavy (non-hydrogen) atoms. The second-order valence-corrected chi connectivity index (χ2v) is 5.72. The van der Waals surface area contributed by atoms with Crippen LogP contribution in [0.15, 0.2) is 24.3 Å². The van der Waals surface area contributed by atoms with Crippen molar-refractivity contribution < 1.29 is 14.3 Å². The van der Waals surface area contributed by atoms with Crippen LogP contribution in [0.1, 0.15) is 37.5 Å². The Bertz CT molecular complexity index is 526. The summed E-state index contributed by atoms with van der Waals surface area (Å²) in [6, 6.07) is 7.75. The molecule has 5 nitrogen and oxygen atoms in total. The van der Waals surface area contributed by atoms with Crippen LogP contribution in [0.4, 0.5) is 0 Å². The Balaban J connectivity index is 2.13. The number of carbonyl (C=O) groups excluding carboxylic acids is 2. The summed E-state index contributed by atoms with van der Waals surface area (Å²) in [6.45, 7) is 4.06. The molecule has 1 aromatic carbocycles. The molecule has 0 spiro atoms. The van der Waals surface area contributed by atoms with Gasteiger partial charge in [-0.15, -0.1) is 0 Å². The SMILES string of the molecule is CC(C)(CC(N)=O)NC(=O)C1OCCc2ccccc21. The number of nitrogens with one attached hydrogen (secondary N) is 1. The zero-order valence-electron chi connectivity index (χ0n) is 11.8. The van der Waals surface area contributed by atoms with Crippen molar-refractivity contribution in [2.24, 2.45) is 5.73 Å². The number of rotatable bonds is 4. The lowest BCUT2D eigenvalue weighted by Gasteiger charge is -2.30. The third-order valence-electron chi connectivity index (χ3n) is 3.31. The van der Waals surface area contributed by atoms with Gasteiger partial charge in [-0.2, -0.15) is 0 Å². The summed E-state index contributed by atoms with van der Waals surface area (Å²) < 4.78 is 5.59. The third-order valence-corrected chi connectivity index (χ3v) is 3.31. The maximum absolute atomic E-state index is 12.4. The number of hydrogen-bond donors (Lipinski definition) is 2. The molecule has 1 heterocycles. The van der Waals surface area contributed by atoms with E-state index in [1.165, 1.54) is 0 Å². The van der Waals surface area contributed by atoms with Crippen molar-refractivity contribution >= 4 is 11.8 Å². The predicted octanol–water partition coefficient (Wildman–Crippen LogP) is 1.07. The van der Waals surface area contributed by atoms with Crippen molar-refractivity contribution in [3.63, 3.8) is 0 Å².